The Kier molecular flexibility index (Phi) is 8.17. The Morgan fingerprint density at radius 1 is 0.840 bits per heavy atom. The SMILES string of the molecule is CCCCOc1ccc(NCc2ccc(OCCC(C)C)cc2)cc1. The maximum atomic E-state index is 5.75. The lowest BCUT2D eigenvalue weighted by Crippen LogP contribution is -2.02. The Bertz CT molecular complexity index is 590. The molecule has 0 unspecified atom stereocenters. The summed E-state index contributed by atoms with van der Waals surface area (Å²) in [6.07, 6.45) is 3.33. The first-order chi connectivity index (χ1) is 12.2. The molecule has 0 saturated carbocycles. The van der Waals surface area contributed by atoms with Crippen LogP contribution in [-0.2, 0) is 6.54 Å². The monoisotopic (exact) mass is 341 g/mol. The largest absolute Gasteiger partial charge is 0.494 e. The fourth-order valence-corrected chi connectivity index (χ4v) is 2.32. The number of benzene rings is 2. The summed E-state index contributed by atoms with van der Waals surface area (Å²) >= 11 is 0. The summed E-state index contributed by atoms with van der Waals surface area (Å²) < 4.78 is 11.4. The van der Waals surface area contributed by atoms with E-state index < -0.39 is 0 Å². The molecule has 0 saturated heterocycles. The van der Waals surface area contributed by atoms with Gasteiger partial charge in [-0.1, -0.05) is 39.3 Å². The minimum atomic E-state index is 0.673. The normalized spacial score (nSPS) is 10.7. The number of anilines is 1. The van der Waals surface area contributed by atoms with Gasteiger partial charge in [0.05, 0.1) is 13.2 Å². The minimum absolute atomic E-state index is 0.673. The van der Waals surface area contributed by atoms with Crippen LogP contribution in [0.4, 0.5) is 5.69 Å². The lowest BCUT2D eigenvalue weighted by molar-refractivity contribution is 0.289. The average Bonchev–Trinajstić information content (AvgIpc) is 2.62. The third kappa shape index (κ3) is 7.51. The molecule has 25 heavy (non-hydrogen) atoms. The molecule has 0 amide bonds. The van der Waals surface area contributed by atoms with Gasteiger partial charge in [0.2, 0.25) is 0 Å². The van der Waals surface area contributed by atoms with Crippen LogP contribution in [0, 0.1) is 5.92 Å². The molecule has 0 bridgehead atoms. The fourth-order valence-electron chi connectivity index (χ4n) is 2.32. The summed E-state index contributed by atoms with van der Waals surface area (Å²) in [5.74, 6) is 2.55. The summed E-state index contributed by atoms with van der Waals surface area (Å²) in [5, 5.41) is 3.44. The van der Waals surface area contributed by atoms with Crippen molar-refractivity contribution in [3.63, 3.8) is 0 Å². The van der Waals surface area contributed by atoms with Gasteiger partial charge in [-0.05, 0) is 60.7 Å². The Hall–Kier alpha value is -2.16. The molecule has 0 aliphatic rings. The molecule has 0 aromatic heterocycles. The lowest BCUT2D eigenvalue weighted by Gasteiger charge is -2.10. The van der Waals surface area contributed by atoms with Gasteiger partial charge in [0.15, 0.2) is 0 Å². The van der Waals surface area contributed by atoms with E-state index in [-0.39, 0.29) is 0 Å². The number of nitrogens with one attached hydrogen (secondary N) is 1. The van der Waals surface area contributed by atoms with Crippen LogP contribution in [0.3, 0.4) is 0 Å². The zero-order chi connectivity index (χ0) is 17.9. The Labute approximate surface area is 152 Å². The third-order valence-corrected chi connectivity index (χ3v) is 4.00. The molecule has 0 atom stereocenters. The van der Waals surface area contributed by atoms with Crippen molar-refractivity contribution in [2.24, 2.45) is 5.92 Å². The van der Waals surface area contributed by atoms with Gasteiger partial charge < -0.3 is 14.8 Å². The highest BCUT2D eigenvalue weighted by Gasteiger charge is 1.99. The predicted molar refractivity (Wildman–Crippen MR) is 106 cm³/mol. The van der Waals surface area contributed by atoms with Crippen molar-refractivity contribution in [1.29, 1.82) is 0 Å². The van der Waals surface area contributed by atoms with E-state index in [1.165, 1.54) is 5.56 Å². The summed E-state index contributed by atoms with van der Waals surface area (Å²) in [7, 11) is 0. The van der Waals surface area contributed by atoms with Crippen molar-refractivity contribution in [3.05, 3.63) is 54.1 Å². The van der Waals surface area contributed by atoms with Gasteiger partial charge in [-0.25, -0.2) is 0 Å². The van der Waals surface area contributed by atoms with E-state index in [0.717, 1.165) is 56.2 Å². The summed E-state index contributed by atoms with van der Waals surface area (Å²) in [6, 6.07) is 16.5. The summed E-state index contributed by atoms with van der Waals surface area (Å²) in [6.45, 7) is 8.95. The highest BCUT2D eigenvalue weighted by Crippen LogP contribution is 2.18. The molecule has 136 valence electrons. The molecule has 0 aliphatic heterocycles. The van der Waals surface area contributed by atoms with Crippen molar-refractivity contribution in [2.75, 3.05) is 18.5 Å². The standard InChI is InChI=1S/C22H31NO2/c1-4-5-15-24-22-12-8-20(9-13-22)23-17-19-6-10-21(11-7-19)25-16-14-18(2)3/h6-13,18,23H,4-5,14-17H2,1-3H3. The van der Waals surface area contributed by atoms with Crippen LogP contribution in [0.2, 0.25) is 0 Å². The second kappa shape index (κ2) is 10.7. The second-order valence-electron chi connectivity index (χ2n) is 6.75. The van der Waals surface area contributed by atoms with Gasteiger partial charge in [0.1, 0.15) is 11.5 Å². The van der Waals surface area contributed by atoms with Crippen LogP contribution in [0.5, 0.6) is 11.5 Å². The fraction of sp³-hybridized carbons (Fsp3) is 0.455. The lowest BCUT2D eigenvalue weighted by atomic mass is 10.1. The summed E-state index contributed by atoms with van der Waals surface area (Å²) in [4.78, 5) is 0. The highest BCUT2D eigenvalue weighted by molar-refractivity contribution is 5.47. The van der Waals surface area contributed by atoms with E-state index in [2.05, 4.69) is 50.4 Å². The first kappa shape index (κ1) is 19.2. The van der Waals surface area contributed by atoms with E-state index in [9.17, 15) is 0 Å². The van der Waals surface area contributed by atoms with E-state index in [0.29, 0.717) is 5.92 Å². The number of hydrogen-bond acceptors (Lipinski definition) is 3. The van der Waals surface area contributed by atoms with Gasteiger partial charge in [-0.15, -0.1) is 0 Å². The molecule has 0 heterocycles. The molecule has 0 fully saturated rings. The first-order valence-corrected chi connectivity index (χ1v) is 9.36. The minimum Gasteiger partial charge on any atom is -0.494 e. The molecular weight excluding hydrogens is 310 g/mol. The molecule has 0 radical (unpaired) electrons. The van der Waals surface area contributed by atoms with Crippen molar-refractivity contribution in [1.82, 2.24) is 0 Å². The van der Waals surface area contributed by atoms with Gasteiger partial charge in [-0.3, -0.25) is 0 Å². The Morgan fingerprint density at radius 3 is 2.04 bits per heavy atom. The van der Waals surface area contributed by atoms with E-state index in [1.54, 1.807) is 0 Å². The van der Waals surface area contributed by atoms with E-state index in [4.69, 9.17) is 9.47 Å². The molecule has 2 aromatic carbocycles. The van der Waals surface area contributed by atoms with Gasteiger partial charge in [-0.2, -0.15) is 0 Å². The number of ether oxygens (including phenoxy) is 2. The third-order valence-electron chi connectivity index (χ3n) is 4.00. The predicted octanol–water partition coefficient (Wildman–Crippen LogP) is 5.90. The molecule has 3 nitrogen and oxygen atoms in total. The van der Waals surface area contributed by atoms with Crippen LogP contribution < -0.4 is 14.8 Å². The summed E-state index contributed by atoms with van der Waals surface area (Å²) in [5.41, 5.74) is 2.33. The molecule has 0 spiro atoms. The zero-order valence-electron chi connectivity index (χ0n) is 15.8. The van der Waals surface area contributed by atoms with E-state index in [1.807, 2.05) is 24.3 Å². The van der Waals surface area contributed by atoms with Crippen LogP contribution >= 0.6 is 0 Å². The van der Waals surface area contributed by atoms with Crippen molar-refractivity contribution in [2.45, 2.75) is 46.6 Å². The van der Waals surface area contributed by atoms with Crippen LogP contribution in [0.1, 0.15) is 45.6 Å². The van der Waals surface area contributed by atoms with Gasteiger partial charge >= 0.3 is 0 Å². The molecular formula is C22H31NO2. The molecule has 2 aromatic rings. The average molecular weight is 341 g/mol. The number of hydrogen-bond donors (Lipinski definition) is 1. The van der Waals surface area contributed by atoms with Crippen LogP contribution in [0.15, 0.2) is 48.5 Å². The number of rotatable bonds is 11. The Balaban J connectivity index is 1.75. The maximum absolute atomic E-state index is 5.75. The maximum Gasteiger partial charge on any atom is 0.119 e. The number of unbranched alkanes of at least 4 members (excludes halogenated alkanes) is 1. The van der Waals surface area contributed by atoms with Crippen molar-refractivity contribution < 1.29 is 9.47 Å². The van der Waals surface area contributed by atoms with Crippen LogP contribution in [0.25, 0.3) is 0 Å². The smallest absolute Gasteiger partial charge is 0.119 e. The molecule has 2 rings (SSSR count). The first-order valence-electron chi connectivity index (χ1n) is 9.36. The molecule has 3 heteroatoms. The highest BCUT2D eigenvalue weighted by atomic mass is 16.5. The van der Waals surface area contributed by atoms with Gasteiger partial charge in [0, 0.05) is 12.2 Å². The zero-order valence-corrected chi connectivity index (χ0v) is 15.8. The van der Waals surface area contributed by atoms with Gasteiger partial charge in [0.25, 0.3) is 0 Å². The quantitative estimate of drug-likeness (QED) is 0.516. The van der Waals surface area contributed by atoms with Crippen LogP contribution in [-0.4, -0.2) is 13.2 Å². The Morgan fingerprint density at radius 2 is 1.44 bits per heavy atom. The molecule has 0 aliphatic carbocycles. The van der Waals surface area contributed by atoms with E-state index >= 15 is 0 Å². The second-order valence-corrected chi connectivity index (χ2v) is 6.75. The molecule has 1 N–H and O–H groups in total. The van der Waals surface area contributed by atoms with Crippen molar-refractivity contribution in [3.8, 4) is 11.5 Å². The van der Waals surface area contributed by atoms with Crippen molar-refractivity contribution >= 4 is 5.69 Å². The topological polar surface area (TPSA) is 30.5 Å².